The lowest BCUT2D eigenvalue weighted by atomic mass is 10.1. The molecule has 0 aliphatic rings. The Labute approximate surface area is 103 Å². The fraction of sp³-hybridized carbons (Fsp3) is 0.429. The molecule has 1 aromatic heterocycles. The van der Waals surface area contributed by atoms with Gasteiger partial charge < -0.3 is 4.74 Å². The van der Waals surface area contributed by atoms with Gasteiger partial charge in [0.15, 0.2) is 0 Å². The van der Waals surface area contributed by atoms with Crippen molar-refractivity contribution in [1.29, 1.82) is 0 Å². The SMILES string of the molecule is C/C=C\C(=NCC)C(OCC)c1ccccn1. The molecule has 3 heteroatoms. The van der Waals surface area contributed by atoms with E-state index in [2.05, 4.69) is 9.98 Å². The third-order valence-electron chi connectivity index (χ3n) is 2.24. The minimum atomic E-state index is -0.169. The Balaban J connectivity index is 3.02. The van der Waals surface area contributed by atoms with Gasteiger partial charge in [0.05, 0.1) is 11.4 Å². The molecule has 0 saturated carbocycles. The summed E-state index contributed by atoms with van der Waals surface area (Å²) in [6.07, 6.45) is 5.57. The maximum absolute atomic E-state index is 5.75. The first-order valence-corrected chi connectivity index (χ1v) is 6.03. The third-order valence-corrected chi connectivity index (χ3v) is 2.24. The topological polar surface area (TPSA) is 34.5 Å². The number of aliphatic imine (C=N–C) groups is 1. The van der Waals surface area contributed by atoms with Crippen LogP contribution in [0.2, 0.25) is 0 Å². The molecule has 0 amide bonds. The Hall–Kier alpha value is -1.48. The van der Waals surface area contributed by atoms with Crippen LogP contribution >= 0.6 is 0 Å². The molecule has 0 bridgehead atoms. The normalized spacial score (nSPS) is 14.2. The molecule has 0 saturated heterocycles. The van der Waals surface area contributed by atoms with E-state index in [1.54, 1.807) is 6.20 Å². The Kier molecular flexibility index (Phi) is 6.18. The van der Waals surface area contributed by atoms with Gasteiger partial charge in [-0.2, -0.15) is 0 Å². The molecule has 1 rings (SSSR count). The first-order chi connectivity index (χ1) is 8.33. The van der Waals surface area contributed by atoms with Crippen LogP contribution in [0.4, 0.5) is 0 Å². The smallest absolute Gasteiger partial charge is 0.141 e. The molecule has 0 spiro atoms. The highest BCUT2D eigenvalue weighted by Gasteiger charge is 2.17. The van der Waals surface area contributed by atoms with Gasteiger partial charge in [0.25, 0.3) is 0 Å². The van der Waals surface area contributed by atoms with Crippen LogP contribution < -0.4 is 0 Å². The summed E-state index contributed by atoms with van der Waals surface area (Å²) in [7, 11) is 0. The predicted molar refractivity (Wildman–Crippen MR) is 71.4 cm³/mol. The van der Waals surface area contributed by atoms with Crippen LogP contribution in [0.5, 0.6) is 0 Å². The second-order valence-corrected chi connectivity index (χ2v) is 3.49. The highest BCUT2D eigenvalue weighted by molar-refractivity contribution is 5.98. The van der Waals surface area contributed by atoms with Gasteiger partial charge >= 0.3 is 0 Å². The second-order valence-electron chi connectivity index (χ2n) is 3.49. The molecule has 17 heavy (non-hydrogen) atoms. The predicted octanol–water partition coefficient (Wildman–Crippen LogP) is 3.20. The van der Waals surface area contributed by atoms with Crippen LogP contribution in [-0.2, 0) is 4.74 Å². The van der Waals surface area contributed by atoms with Crippen molar-refractivity contribution >= 4 is 5.71 Å². The van der Waals surface area contributed by atoms with E-state index in [-0.39, 0.29) is 6.10 Å². The van der Waals surface area contributed by atoms with Gasteiger partial charge in [-0.1, -0.05) is 12.1 Å². The Bertz CT molecular complexity index is 371. The van der Waals surface area contributed by atoms with E-state index in [0.717, 1.165) is 18.0 Å². The van der Waals surface area contributed by atoms with E-state index in [4.69, 9.17) is 4.74 Å². The Morgan fingerprint density at radius 1 is 1.47 bits per heavy atom. The van der Waals surface area contributed by atoms with E-state index in [1.165, 1.54) is 0 Å². The third kappa shape index (κ3) is 4.11. The van der Waals surface area contributed by atoms with Gasteiger partial charge in [-0.3, -0.25) is 9.98 Å². The van der Waals surface area contributed by atoms with Crippen LogP contribution in [0.3, 0.4) is 0 Å². The molecule has 0 fully saturated rings. The minimum Gasteiger partial charge on any atom is -0.366 e. The number of rotatable bonds is 6. The number of pyridine rings is 1. The summed E-state index contributed by atoms with van der Waals surface area (Å²) in [5.41, 5.74) is 1.83. The van der Waals surface area contributed by atoms with Crippen molar-refractivity contribution < 1.29 is 4.74 Å². The number of hydrogen-bond acceptors (Lipinski definition) is 3. The highest BCUT2D eigenvalue weighted by atomic mass is 16.5. The summed E-state index contributed by atoms with van der Waals surface area (Å²) < 4.78 is 5.75. The zero-order chi connectivity index (χ0) is 12.5. The zero-order valence-electron chi connectivity index (χ0n) is 10.8. The fourth-order valence-electron chi connectivity index (χ4n) is 1.60. The van der Waals surface area contributed by atoms with Crippen molar-refractivity contribution in [3.05, 3.63) is 42.2 Å². The van der Waals surface area contributed by atoms with Gasteiger partial charge in [-0.15, -0.1) is 0 Å². The van der Waals surface area contributed by atoms with Crippen molar-refractivity contribution in [2.45, 2.75) is 26.9 Å². The van der Waals surface area contributed by atoms with Crippen molar-refractivity contribution in [3.63, 3.8) is 0 Å². The van der Waals surface area contributed by atoms with E-state index in [1.807, 2.05) is 51.1 Å². The van der Waals surface area contributed by atoms with Crippen LogP contribution in [-0.4, -0.2) is 23.8 Å². The van der Waals surface area contributed by atoms with Crippen LogP contribution in [0.1, 0.15) is 32.6 Å². The molecular weight excluding hydrogens is 212 g/mol. The van der Waals surface area contributed by atoms with Gasteiger partial charge in [0.2, 0.25) is 0 Å². The lowest BCUT2D eigenvalue weighted by Crippen LogP contribution is -2.16. The molecule has 92 valence electrons. The maximum Gasteiger partial charge on any atom is 0.141 e. The van der Waals surface area contributed by atoms with Crippen molar-refractivity contribution in [2.75, 3.05) is 13.2 Å². The molecule has 1 aromatic rings. The van der Waals surface area contributed by atoms with E-state index in [9.17, 15) is 0 Å². The highest BCUT2D eigenvalue weighted by Crippen LogP contribution is 2.17. The second kappa shape index (κ2) is 7.74. The molecule has 0 radical (unpaired) electrons. The lowest BCUT2D eigenvalue weighted by molar-refractivity contribution is 0.108. The monoisotopic (exact) mass is 232 g/mol. The molecule has 1 atom stereocenters. The minimum absolute atomic E-state index is 0.169. The number of aromatic nitrogens is 1. The van der Waals surface area contributed by atoms with Crippen molar-refractivity contribution in [1.82, 2.24) is 4.98 Å². The van der Waals surface area contributed by atoms with Crippen LogP contribution in [0.25, 0.3) is 0 Å². The van der Waals surface area contributed by atoms with Crippen LogP contribution in [0.15, 0.2) is 41.5 Å². The summed E-state index contributed by atoms with van der Waals surface area (Å²) in [6, 6.07) is 5.83. The largest absolute Gasteiger partial charge is 0.366 e. The molecule has 1 unspecified atom stereocenters. The maximum atomic E-state index is 5.75. The molecular formula is C14H20N2O. The average Bonchev–Trinajstić information content (AvgIpc) is 2.37. The summed E-state index contributed by atoms with van der Waals surface area (Å²) in [6.45, 7) is 7.37. The van der Waals surface area contributed by atoms with Gasteiger partial charge in [0, 0.05) is 19.3 Å². The molecule has 0 aliphatic carbocycles. The summed E-state index contributed by atoms with van der Waals surface area (Å²) in [5, 5.41) is 0. The number of hydrogen-bond donors (Lipinski definition) is 0. The van der Waals surface area contributed by atoms with E-state index >= 15 is 0 Å². The molecule has 0 N–H and O–H groups in total. The fourth-order valence-corrected chi connectivity index (χ4v) is 1.60. The van der Waals surface area contributed by atoms with Crippen LogP contribution in [0, 0.1) is 0 Å². The van der Waals surface area contributed by atoms with E-state index in [0.29, 0.717) is 6.61 Å². The first-order valence-electron chi connectivity index (χ1n) is 6.03. The van der Waals surface area contributed by atoms with Crippen molar-refractivity contribution in [3.8, 4) is 0 Å². The summed E-state index contributed by atoms with van der Waals surface area (Å²) >= 11 is 0. The summed E-state index contributed by atoms with van der Waals surface area (Å²) in [5.74, 6) is 0. The van der Waals surface area contributed by atoms with Gasteiger partial charge in [-0.25, -0.2) is 0 Å². The Morgan fingerprint density at radius 3 is 2.82 bits per heavy atom. The average molecular weight is 232 g/mol. The van der Waals surface area contributed by atoms with Crippen molar-refractivity contribution in [2.24, 2.45) is 4.99 Å². The number of nitrogens with zero attached hydrogens (tertiary/aromatic N) is 2. The van der Waals surface area contributed by atoms with Gasteiger partial charge in [0.1, 0.15) is 6.10 Å². The first kappa shape index (κ1) is 13.6. The standard InChI is InChI=1S/C14H20N2O/c1-4-9-12(15-5-2)14(17-6-3)13-10-7-8-11-16-13/h4,7-11,14H,5-6H2,1-3H3/b9-4-,15-12?. The van der Waals surface area contributed by atoms with E-state index < -0.39 is 0 Å². The molecule has 1 heterocycles. The molecule has 3 nitrogen and oxygen atoms in total. The molecule has 0 aromatic carbocycles. The Morgan fingerprint density at radius 2 is 2.29 bits per heavy atom. The number of ether oxygens (including phenoxy) is 1. The number of allylic oxidation sites excluding steroid dienone is 1. The summed E-state index contributed by atoms with van der Waals surface area (Å²) in [4.78, 5) is 8.82. The zero-order valence-corrected chi connectivity index (χ0v) is 10.8. The quantitative estimate of drug-likeness (QED) is 0.706. The van der Waals surface area contributed by atoms with Gasteiger partial charge in [-0.05, 0) is 39.0 Å². The lowest BCUT2D eigenvalue weighted by Gasteiger charge is -2.16. The molecule has 0 aliphatic heterocycles.